The molecule has 1 aliphatic rings. The van der Waals surface area contributed by atoms with Crippen LogP contribution in [0.4, 0.5) is 11.4 Å². The molecule has 1 aliphatic heterocycles. The highest BCUT2D eigenvalue weighted by Crippen LogP contribution is 2.27. The van der Waals surface area contributed by atoms with Crippen LogP contribution in [0.5, 0.6) is 0 Å². The van der Waals surface area contributed by atoms with Crippen LogP contribution in [-0.2, 0) is 16.6 Å². The van der Waals surface area contributed by atoms with Crippen molar-refractivity contribution in [2.24, 2.45) is 0 Å². The van der Waals surface area contributed by atoms with Gasteiger partial charge in [-0.05, 0) is 54.8 Å². The third-order valence-electron chi connectivity index (χ3n) is 5.70. The lowest BCUT2D eigenvalue weighted by molar-refractivity contribution is 0.0785. The monoisotopic (exact) mass is 483 g/mol. The number of benzene rings is 3. The van der Waals surface area contributed by atoms with Crippen molar-refractivity contribution in [1.29, 1.82) is 0 Å². The number of rotatable bonds is 7. The molecular weight excluding hydrogens is 458 g/mol. The molecule has 172 valence electrons. The number of anilines is 2. The molecule has 1 amide bonds. The number of halogens is 1. The third-order valence-corrected chi connectivity index (χ3v) is 7.39. The average Bonchev–Trinajstić information content (AvgIpc) is 3.35. The standard InChI is InChI=1S/C25H26ClN3O3S/c1-28(18-20-9-2-5-14-24(20)29-15-6-7-16-29)25(30)19-10-8-11-21(17-19)33(31,32)27-23-13-4-3-12-22(23)26/h2-5,8-14,17,27H,6-7,15-16,18H2,1H3. The van der Waals surface area contributed by atoms with Gasteiger partial charge >= 0.3 is 0 Å². The van der Waals surface area contributed by atoms with Gasteiger partial charge in [0.1, 0.15) is 0 Å². The normalized spacial score (nSPS) is 13.7. The fraction of sp³-hybridized carbons (Fsp3) is 0.240. The van der Waals surface area contributed by atoms with Crippen molar-refractivity contribution in [3.63, 3.8) is 0 Å². The minimum atomic E-state index is -3.91. The van der Waals surface area contributed by atoms with Crippen LogP contribution < -0.4 is 9.62 Å². The van der Waals surface area contributed by atoms with E-state index in [-0.39, 0.29) is 16.5 Å². The zero-order valence-electron chi connectivity index (χ0n) is 18.4. The number of sulfonamides is 1. The van der Waals surface area contributed by atoms with Crippen molar-refractivity contribution in [2.45, 2.75) is 24.3 Å². The number of hydrogen-bond acceptors (Lipinski definition) is 4. The van der Waals surface area contributed by atoms with E-state index in [0.29, 0.717) is 17.1 Å². The summed E-state index contributed by atoms with van der Waals surface area (Å²) in [4.78, 5) is 17.1. The van der Waals surface area contributed by atoms with E-state index >= 15 is 0 Å². The molecule has 0 bridgehead atoms. The first-order valence-corrected chi connectivity index (χ1v) is 12.7. The van der Waals surface area contributed by atoms with Gasteiger partial charge in [-0.15, -0.1) is 0 Å². The molecule has 0 saturated carbocycles. The van der Waals surface area contributed by atoms with Crippen molar-refractivity contribution in [2.75, 3.05) is 29.8 Å². The molecule has 6 nitrogen and oxygen atoms in total. The minimum absolute atomic E-state index is 0.000799. The smallest absolute Gasteiger partial charge is 0.261 e. The van der Waals surface area contributed by atoms with Crippen molar-refractivity contribution in [1.82, 2.24) is 4.90 Å². The average molecular weight is 484 g/mol. The van der Waals surface area contributed by atoms with E-state index in [1.54, 1.807) is 48.3 Å². The zero-order valence-corrected chi connectivity index (χ0v) is 19.9. The van der Waals surface area contributed by atoms with E-state index in [2.05, 4.69) is 15.7 Å². The summed E-state index contributed by atoms with van der Waals surface area (Å²) in [5, 5.41) is 0.296. The molecule has 0 atom stereocenters. The number of nitrogens with one attached hydrogen (secondary N) is 1. The summed E-state index contributed by atoms with van der Waals surface area (Å²) >= 11 is 6.09. The Labute approximate surface area is 199 Å². The van der Waals surface area contributed by atoms with Gasteiger partial charge in [0.25, 0.3) is 15.9 Å². The van der Waals surface area contributed by atoms with Gasteiger partial charge in [-0.1, -0.05) is 48.0 Å². The molecule has 0 radical (unpaired) electrons. The molecule has 1 fully saturated rings. The fourth-order valence-corrected chi connectivity index (χ4v) is 5.37. The number of nitrogens with zero attached hydrogens (tertiary/aromatic N) is 2. The molecule has 0 aliphatic carbocycles. The first kappa shape index (κ1) is 23.1. The van der Waals surface area contributed by atoms with Crippen molar-refractivity contribution in [3.05, 3.63) is 88.9 Å². The highest BCUT2D eigenvalue weighted by atomic mass is 35.5. The second-order valence-electron chi connectivity index (χ2n) is 8.10. The molecule has 0 spiro atoms. The Morgan fingerprint density at radius 1 is 1.00 bits per heavy atom. The first-order valence-electron chi connectivity index (χ1n) is 10.8. The van der Waals surface area contributed by atoms with Crippen LogP contribution in [0.15, 0.2) is 77.7 Å². The molecule has 0 unspecified atom stereocenters. The number of para-hydroxylation sites is 2. The van der Waals surface area contributed by atoms with Crippen LogP contribution >= 0.6 is 11.6 Å². The molecule has 0 aromatic heterocycles. The number of hydrogen-bond donors (Lipinski definition) is 1. The van der Waals surface area contributed by atoms with Gasteiger partial charge in [0.05, 0.1) is 15.6 Å². The SMILES string of the molecule is CN(Cc1ccccc1N1CCCC1)C(=O)c1cccc(S(=O)(=O)Nc2ccccc2Cl)c1. The van der Waals surface area contributed by atoms with Crippen LogP contribution in [0.2, 0.25) is 5.02 Å². The first-order chi connectivity index (χ1) is 15.8. The van der Waals surface area contributed by atoms with Crippen LogP contribution in [0.25, 0.3) is 0 Å². The van der Waals surface area contributed by atoms with Gasteiger partial charge < -0.3 is 9.80 Å². The van der Waals surface area contributed by atoms with Gasteiger partial charge in [-0.2, -0.15) is 0 Å². The lowest BCUT2D eigenvalue weighted by Crippen LogP contribution is -2.28. The molecular formula is C25H26ClN3O3S. The zero-order chi connectivity index (χ0) is 23.4. The van der Waals surface area contributed by atoms with Gasteiger partial charge in [-0.3, -0.25) is 9.52 Å². The fourth-order valence-electron chi connectivity index (χ4n) is 4.00. The predicted octanol–water partition coefficient (Wildman–Crippen LogP) is 5.01. The molecule has 1 heterocycles. The Hall–Kier alpha value is -3.03. The van der Waals surface area contributed by atoms with E-state index in [4.69, 9.17) is 11.6 Å². The maximum absolute atomic E-state index is 13.1. The molecule has 1 N–H and O–H groups in total. The highest BCUT2D eigenvalue weighted by molar-refractivity contribution is 7.92. The molecule has 4 rings (SSSR count). The third kappa shape index (κ3) is 5.31. The lowest BCUT2D eigenvalue weighted by Gasteiger charge is -2.24. The van der Waals surface area contributed by atoms with Crippen molar-refractivity contribution >= 4 is 38.9 Å². The summed E-state index contributed by atoms with van der Waals surface area (Å²) in [6, 6.07) is 20.8. The number of carbonyl (C=O) groups is 1. The minimum Gasteiger partial charge on any atom is -0.371 e. The second kappa shape index (κ2) is 9.85. The summed E-state index contributed by atoms with van der Waals surface area (Å²) in [5.74, 6) is -0.249. The predicted molar refractivity (Wildman–Crippen MR) is 132 cm³/mol. The van der Waals surface area contributed by atoms with E-state index in [9.17, 15) is 13.2 Å². The summed E-state index contributed by atoms with van der Waals surface area (Å²) < 4.78 is 28.2. The maximum Gasteiger partial charge on any atom is 0.261 e. The highest BCUT2D eigenvalue weighted by Gasteiger charge is 2.21. The van der Waals surface area contributed by atoms with Gasteiger partial charge in [-0.25, -0.2) is 8.42 Å². The Morgan fingerprint density at radius 3 is 2.45 bits per heavy atom. The Morgan fingerprint density at radius 2 is 1.70 bits per heavy atom. The summed E-state index contributed by atoms with van der Waals surface area (Å²) in [6.07, 6.45) is 2.35. The topological polar surface area (TPSA) is 69.7 Å². The molecule has 8 heteroatoms. The van der Waals surface area contributed by atoms with Gasteiger partial charge in [0.2, 0.25) is 0 Å². The maximum atomic E-state index is 13.1. The lowest BCUT2D eigenvalue weighted by atomic mass is 10.1. The largest absolute Gasteiger partial charge is 0.371 e. The summed E-state index contributed by atoms with van der Waals surface area (Å²) in [7, 11) is -2.18. The second-order valence-corrected chi connectivity index (χ2v) is 10.2. The quantitative estimate of drug-likeness (QED) is 0.512. The van der Waals surface area contributed by atoms with Crippen LogP contribution in [0.1, 0.15) is 28.8 Å². The van der Waals surface area contributed by atoms with E-state index in [1.807, 2.05) is 18.2 Å². The van der Waals surface area contributed by atoms with Gasteiger partial charge in [0, 0.05) is 37.9 Å². The van der Waals surface area contributed by atoms with E-state index in [1.165, 1.54) is 25.0 Å². The Kier molecular flexibility index (Phi) is 6.91. The van der Waals surface area contributed by atoms with E-state index < -0.39 is 10.0 Å². The molecule has 33 heavy (non-hydrogen) atoms. The van der Waals surface area contributed by atoms with Gasteiger partial charge in [0.15, 0.2) is 0 Å². The molecule has 3 aromatic rings. The van der Waals surface area contributed by atoms with Crippen LogP contribution in [0, 0.1) is 0 Å². The summed E-state index contributed by atoms with van der Waals surface area (Å²) in [5.41, 5.74) is 2.80. The Bertz CT molecular complexity index is 1260. The van der Waals surface area contributed by atoms with E-state index in [0.717, 1.165) is 24.3 Å². The number of amides is 1. The van der Waals surface area contributed by atoms with Crippen LogP contribution in [0.3, 0.4) is 0 Å². The van der Waals surface area contributed by atoms with Crippen molar-refractivity contribution < 1.29 is 13.2 Å². The molecule has 3 aromatic carbocycles. The number of carbonyl (C=O) groups excluding carboxylic acids is 1. The summed E-state index contributed by atoms with van der Waals surface area (Å²) in [6.45, 7) is 2.47. The molecule has 1 saturated heterocycles. The Balaban J connectivity index is 1.53. The van der Waals surface area contributed by atoms with Crippen LogP contribution in [-0.4, -0.2) is 39.4 Å². The van der Waals surface area contributed by atoms with Crippen molar-refractivity contribution in [3.8, 4) is 0 Å².